The Morgan fingerprint density at radius 1 is 1.03 bits per heavy atom. The highest BCUT2D eigenvalue weighted by atomic mass is 32.2. The summed E-state index contributed by atoms with van der Waals surface area (Å²) >= 11 is 0. The molecule has 2 fully saturated rings. The number of carbonyl (C=O) groups is 4. The van der Waals surface area contributed by atoms with Crippen molar-refractivity contribution in [2.45, 2.75) is 154 Å². The molecule has 1 saturated heterocycles. The molecule has 3 aromatic rings. The number of ether oxygens (including phenoxy) is 2. The number of oxazole rings is 1. The number of para-hydroxylation sites is 1. The van der Waals surface area contributed by atoms with Crippen LogP contribution in [0.15, 0.2) is 34.8 Å². The summed E-state index contributed by atoms with van der Waals surface area (Å²) in [5.74, 6) is -1.00. The average Bonchev–Trinajstić information content (AvgIpc) is 3.50. The van der Waals surface area contributed by atoms with Crippen molar-refractivity contribution in [3.63, 3.8) is 0 Å². The van der Waals surface area contributed by atoms with Gasteiger partial charge in [0.1, 0.15) is 40.6 Å². The molecule has 18 heteroatoms. The van der Waals surface area contributed by atoms with Crippen LogP contribution in [0.25, 0.3) is 22.5 Å². The molecule has 5 atom stereocenters. The largest absolute Gasteiger partial charge is 0.459 e. The van der Waals surface area contributed by atoms with Gasteiger partial charge in [0.2, 0.25) is 17.7 Å². The van der Waals surface area contributed by atoms with E-state index in [0.29, 0.717) is 36.2 Å². The van der Waals surface area contributed by atoms with Crippen LogP contribution in [0, 0.1) is 5.92 Å². The quantitative estimate of drug-likeness (QED) is 0.199. The second-order valence-corrected chi connectivity index (χ2v) is 20.7. The van der Waals surface area contributed by atoms with Crippen LogP contribution in [0.5, 0.6) is 6.01 Å². The van der Waals surface area contributed by atoms with Crippen LogP contribution in [0.1, 0.15) is 137 Å². The van der Waals surface area contributed by atoms with Crippen molar-refractivity contribution >= 4 is 45.1 Å². The molecule has 1 aromatic carbocycles. The van der Waals surface area contributed by atoms with Gasteiger partial charge in [0.15, 0.2) is 0 Å². The van der Waals surface area contributed by atoms with Gasteiger partial charge in [-0.25, -0.2) is 14.5 Å². The number of nitrogens with zero attached hydrogens (tertiary/aromatic N) is 5. The highest BCUT2D eigenvalue weighted by Gasteiger charge is 2.62. The lowest BCUT2D eigenvalue weighted by atomic mass is 10.0. The molecule has 0 spiro atoms. The third-order valence-electron chi connectivity index (χ3n) is 11.5. The number of rotatable bonds is 10. The predicted molar refractivity (Wildman–Crippen MR) is 233 cm³/mol. The maximum Gasteiger partial charge on any atom is 0.408 e. The number of imidazole rings is 1. The minimum absolute atomic E-state index is 0.00826. The molecule has 0 radical (unpaired) electrons. The van der Waals surface area contributed by atoms with Crippen LogP contribution in [-0.2, 0) is 29.3 Å². The smallest absolute Gasteiger partial charge is 0.408 e. The molecule has 2 aliphatic heterocycles. The number of hydrogen-bond donors (Lipinski definition) is 3. The number of amides is 4. The van der Waals surface area contributed by atoms with E-state index in [2.05, 4.69) is 43.1 Å². The van der Waals surface area contributed by atoms with E-state index in [4.69, 9.17) is 23.9 Å². The Labute approximate surface area is 364 Å². The molecule has 0 unspecified atom stereocenters. The lowest BCUT2D eigenvalue weighted by molar-refractivity contribution is -0.141. The van der Waals surface area contributed by atoms with Crippen LogP contribution in [0.3, 0.4) is 0 Å². The molecule has 6 rings (SSSR count). The summed E-state index contributed by atoms with van der Waals surface area (Å²) in [6, 6.07) is 3.72. The highest BCUT2D eigenvalue weighted by molar-refractivity contribution is 7.87. The van der Waals surface area contributed by atoms with Crippen molar-refractivity contribution in [2.24, 2.45) is 5.92 Å². The van der Waals surface area contributed by atoms with E-state index in [1.807, 2.05) is 48.8 Å². The summed E-state index contributed by atoms with van der Waals surface area (Å²) in [7, 11) is -1.60. The molecular weight excluding hydrogens is 817 g/mol. The summed E-state index contributed by atoms with van der Waals surface area (Å²) in [6.07, 6.45) is 5.49. The zero-order valence-corrected chi connectivity index (χ0v) is 38.7. The number of aromatic nitrogens is 3. The standard InChI is InChI=1S/C44H64N8O9S/c1-25(2)34-36(26(3)4)60-38(46-34)30-19-17-21-32-35(30)47-41(52(32)27(5)6)59-29-22-33-37(53)48-44(40(55)49-62(57,58)50(10)11)23-28(44)18-15-13-12-14-16-20-31(39(54)51(33)24-29)45-42(56)61-43(7,8)9/h15,17-19,21,25-29,31,33H,12-14,16,20,22-24H2,1-11H3,(H,45,56)(H,48,53)(H,49,55)/b18-15-/t28-,29-,31+,33+,44-/m1/s1. The first-order valence-corrected chi connectivity index (χ1v) is 23.2. The second-order valence-electron chi connectivity index (χ2n) is 18.8. The first kappa shape index (κ1) is 46.5. The summed E-state index contributed by atoms with van der Waals surface area (Å²) in [5, 5.41) is 5.64. The molecule has 62 heavy (non-hydrogen) atoms. The van der Waals surface area contributed by atoms with Gasteiger partial charge in [-0.1, -0.05) is 58.8 Å². The molecule has 3 aliphatic rings. The number of hydrogen-bond acceptors (Lipinski definition) is 11. The first-order valence-electron chi connectivity index (χ1n) is 21.7. The van der Waals surface area contributed by atoms with Crippen LogP contribution in [0.2, 0.25) is 0 Å². The summed E-state index contributed by atoms with van der Waals surface area (Å²) in [6.45, 7) is 17.4. The van der Waals surface area contributed by atoms with E-state index >= 15 is 0 Å². The van der Waals surface area contributed by atoms with Gasteiger partial charge < -0.3 is 29.4 Å². The molecule has 2 aromatic heterocycles. The topological polar surface area (TPSA) is 207 Å². The minimum atomic E-state index is -4.19. The fourth-order valence-electron chi connectivity index (χ4n) is 8.20. The van der Waals surface area contributed by atoms with Crippen LogP contribution in [0.4, 0.5) is 4.79 Å². The third kappa shape index (κ3) is 9.96. The Hall–Kier alpha value is -4.97. The summed E-state index contributed by atoms with van der Waals surface area (Å²) in [5.41, 5.74) is 0.561. The monoisotopic (exact) mass is 880 g/mol. The Balaban J connectivity index is 1.38. The fraction of sp³-hybridized carbons (Fsp3) is 0.636. The first-order chi connectivity index (χ1) is 29.0. The van der Waals surface area contributed by atoms with Crippen molar-refractivity contribution in [1.82, 2.24) is 39.1 Å². The molecule has 4 heterocycles. The molecule has 1 aliphatic carbocycles. The van der Waals surface area contributed by atoms with Gasteiger partial charge in [-0.05, 0) is 78.4 Å². The Morgan fingerprint density at radius 2 is 1.76 bits per heavy atom. The van der Waals surface area contributed by atoms with Gasteiger partial charge in [0, 0.05) is 38.4 Å². The number of alkyl carbamates (subject to hydrolysis) is 1. The lowest BCUT2D eigenvalue weighted by Crippen LogP contribution is -2.58. The summed E-state index contributed by atoms with van der Waals surface area (Å²) < 4.78 is 49.2. The molecule has 3 N–H and O–H groups in total. The van der Waals surface area contributed by atoms with Crippen molar-refractivity contribution in [2.75, 3.05) is 20.6 Å². The van der Waals surface area contributed by atoms with Crippen LogP contribution in [-0.4, -0.2) is 106 Å². The number of nitrogens with one attached hydrogen (secondary N) is 3. The maximum absolute atomic E-state index is 14.7. The van der Waals surface area contributed by atoms with Gasteiger partial charge >= 0.3 is 16.3 Å². The van der Waals surface area contributed by atoms with Crippen molar-refractivity contribution in [3.8, 4) is 17.5 Å². The van der Waals surface area contributed by atoms with Crippen molar-refractivity contribution < 1.29 is 41.5 Å². The Bertz CT molecular complexity index is 2280. The highest BCUT2D eigenvalue weighted by Crippen LogP contribution is 2.46. The average molecular weight is 881 g/mol. The van der Waals surface area contributed by atoms with Gasteiger partial charge in [-0.2, -0.15) is 17.7 Å². The molecule has 17 nitrogen and oxygen atoms in total. The molecule has 0 bridgehead atoms. The fourth-order valence-corrected chi connectivity index (χ4v) is 8.80. The zero-order chi connectivity index (χ0) is 45.5. The molecular formula is C44H64N8O9S. The minimum Gasteiger partial charge on any atom is -0.459 e. The Morgan fingerprint density at radius 3 is 2.39 bits per heavy atom. The predicted octanol–water partition coefficient (Wildman–Crippen LogP) is 6.08. The zero-order valence-electron chi connectivity index (χ0n) is 37.9. The van der Waals surface area contributed by atoms with Crippen molar-refractivity contribution in [3.05, 3.63) is 41.8 Å². The molecule has 340 valence electrons. The number of carbonyl (C=O) groups excluding carboxylic acids is 4. The number of allylic oxidation sites excluding steroid dienone is 1. The van der Waals surface area contributed by atoms with E-state index in [0.717, 1.165) is 34.1 Å². The lowest BCUT2D eigenvalue weighted by Gasteiger charge is -2.30. The van der Waals surface area contributed by atoms with E-state index < -0.39 is 69.3 Å². The molecule has 1 saturated carbocycles. The van der Waals surface area contributed by atoms with E-state index in [1.54, 1.807) is 20.8 Å². The summed E-state index contributed by atoms with van der Waals surface area (Å²) in [4.78, 5) is 67.6. The van der Waals surface area contributed by atoms with E-state index in [-0.39, 0.29) is 43.3 Å². The van der Waals surface area contributed by atoms with Crippen LogP contribution < -0.4 is 20.1 Å². The van der Waals surface area contributed by atoms with Crippen molar-refractivity contribution in [1.29, 1.82) is 0 Å². The third-order valence-corrected chi connectivity index (χ3v) is 12.9. The van der Waals surface area contributed by atoms with Gasteiger partial charge in [-0.3, -0.25) is 19.0 Å². The van der Waals surface area contributed by atoms with Crippen LogP contribution >= 0.6 is 0 Å². The number of fused-ring (bicyclic) bond motifs is 3. The molecule has 4 amide bonds. The van der Waals surface area contributed by atoms with Gasteiger partial charge in [-0.15, -0.1) is 0 Å². The normalized spacial score (nSPS) is 24.4. The maximum atomic E-state index is 14.7. The van der Waals surface area contributed by atoms with E-state index in [9.17, 15) is 27.6 Å². The Kier molecular flexibility index (Phi) is 13.5. The SMILES string of the molecule is CC(C)c1nc(-c2cccc3c2nc(O[C@@H]2C[C@H]4C(=O)N[C@]5(C(=O)NS(=O)(=O)N(C)C)C[C@H]5/C=C\CCCCC[C@H](NC(=O)OC(C)(C)C)C(=O)N4C2)n3C(C)C)oc1C(C)C. The second kappa shape index (κ2) is 18.0. The van der Waals surface area contributed by atoms with Gasteiger partial charge in [0.25, 0.3) is 11.9 Å². The van der Waals surface area contributed by atoms with Gasteiger partial charge in [0.05, 0.1) is 23.3 Å². The van der Waals surface area contributed by atoms with E-state index in [1.165, 1.54) is 19.0 Å². The number of benzene rings is 1.